The van der Waals surface area contributed by atoms with E-state index in [4.69, 9.17) is 4.74 Å². The molecule has 2 heterocycles. The van der Waals surface area contributed by atoms with Crippen molar-refractivity contribution in [2.45, 2.75) is 44.8 Å². The van der Waals surface area contributed by atoms with Crippen molar-refractivity contribution in [3.8, 4) is 0 Å². The third kappa shape index (κ3) is 1.36. The molecule has 108 valence electrons. The third-order valence-electron chi connectivity index (χ3n) is 6.50. The van der Waals surface area contributed by atoms with Crippen molar-refractivity contribution in [2.24, 2.45) is 29.6 Å². The predicted octanol–water partition coefficient (Wildman–Crippen LogP) is 1.65. The van der Waals surface area contributed by atoms with Gasteiger partial charge in [0, 0.05) is 11.8 Å². The Kier molecular flexibility index (Phi) is 2.25. The number of hydrazone groups is 1. The summed E-state index contributed by atoms with van der Waals surface area (Å²) in [6, 6.07) is 0. The summed E-state index contributed by atoms with van der Waals surface area (Å²) in [4.78, 5) is 12.4. The van der Waals surface area contributed by atoms with Crippen LogP contribution in [0, 0.1) is 29.6 Å². The van der Waals surface area contributed by atoms with Crippen LogP contribution >= 0.6 is 0 Å². The second-order valence-corrected chi connectivity index (χ2v) is 7.59. The molecule has 0 aromatic rings. The second kappa shape index (κ2) is 3.85. The number of carbonyl (C=O) groups excluding carboxylic acids is 1. The average molecular weight is 275 g/mol. The summed E-state index contributed by atoms with van der Waals surface area (Å²) in [6.45, 7) is 0.749. The molecule has 4 nitrogen and oxygen atoms in total. The monoisotopic (exact) mass is 275 g/mol. The summed E-state index contributed by atoms with van der Waals surface area (Å²) >= 11 is 0. The molecule has 20 heavy (non-hydrogen) atoms. The number of hydrazine groups is 1. The molecule has 6 aliphatic rings. The van der Waals surface area contributed by atoms with Crippen LogP contribution in [0.1, 0.15) is 38.5 Å². The SMILES string of the molecule is CN1C(=O)[C@H]2CCO[C@H]2[N+]1=C1C2CC3CC(C2)CC1C3. The zero-order valence-electron chi connectivity index (χ0n) is 12.1. The number of nitrogens with zero attached hydrogens (tertiary/aromatic N) is 2. The van der Waals surface area contributed by atoms with Gasteiger partial charge >= 0.3 is 0 Å². The van der Waals surface area contributed by atoms with Crippen molar-refractivity contribution < 1.29 is 14.2 Å². The van der Waals surface area contributed by atoms with Crippen LogP contribution in [0.25, 0.3) is 0 Å². The van der Waals surface area contributed by atoms with Gasteiger partial charge in [-0.3, -0.25) is 4.79 Å². The minimum atomic E-state index is 0.0139. The third-order valence-corrected chi connectivity index (χ3v) is 6.50. The topological polar surface area (TPSA) is 32.6 Å². The first-order chi connectivity index (χ1) is 9.72. The largest absolute Gasteiger partial charge is 0.319 e. The molecule has 4 aliphatic carbocycles. The highest BCUT2D eigenvalue weighted by molar-refractivity contribution is 5.88. The van der Waals surface area contributed by atoms with E-state index in [1.807, 2.05) is 12.1 Å². The van der Waals surface area contributed by atoms with Gasteiger partial charge < -0.3 is 4.74 Å². The van der Waals surface area contributed by atoms with E-state index in [0.29, 0.717) is 0 Å². The molecule has 6 fully saturated rings. The summed E-state index contributed by atoms with van der Waals surface area (Å²) in [7, 11) is 1.95. The van der Waals surface area contributed by atoms with E-state index >= 15 is 0 Å². The highest BCUT2D eigenvalue weighted by Gasteiger charge is 2.59. The van der Waals surface area contributed by atoms with Crippen molar-refractivity contribution >= 4 is 11.6 Å². The van der Waals surface area contributed by atoms with E-state index in [1.165, 1.54) is 32.1 Å². The van der Waals surface area contributed by atoms with Gasteiger partial charge in [-0.25, -0.2) is 0 Å². The molecular weight excluding hydrogens is 252 g/mol. The van der Waals surface area contributed by atoms with Crippen molar-refractivity contribution in [1.29, 1.82) is 0 Å². The van der Waals surface area contributed by atoms with Crippen LogP contribution in [0.3, 0.4) is 0 Å². The first-order valence-electron chi connectivity index (χ1n) is 8.27. The minimum absolute atomic E-state index is 0.0139. The Morgan fingerprint density at radius 1 is 1.10 bits per heavy atom. The Labute approximate surface area is 119 Å². The van der Waals surface area contributed by atoms with Crippen LogP contribution in [0.4, 0.5) is 0 Å². The van der Waals surface area contributed by atoms with E-state index in [0.717, 1.165) is 36.7 Å². The Hall–Kier alpha value is -0.900. The first-order valence-corrected chi connectivity index (χ1v) is 8.27. The lowest BCUT2D eigenvalue weighted by Crippen LogP contribution is -2.52. The Balaban J connectivity index is 1.62. The fourth-order valence-corrected chi connectivity index (χ4v) is 5.94. The molecule has 1 amide bonds. The highest BCUT2D eigenvalue weighted by atomic mass is 16.5. The molecule has 0 radical (unpaired) electrons. The van der Waals surface area contributed by atoms with Gasteiger partial charge in [0.15, 0.2) is 5.71 Å². The molecule has 0 spiro atoms. The lowest BCUT2D eigenvalue weighted by molar-refractivity contribution is -0.713. The summed E-state index contributed by atoms with van der Waals surface area (Å²) in [5.41, 5.74) is 1.56. The van der Waals surface area contributed by atoms with Crippen molar-refractivity contribution in [3.05, 3.63) is 0 Å². The van der Waals surface area contributed by atoms with E-state index in [9.17, 15) is 4.79 Å². The fourth-order valence-electron chi connectivity index (χ4n) is 5.94. The van der Waals surface area contributed by atoms with Gasteiger partial charge in [0.2, 0.25) is 0 Å². The average Bonchev–Trinajstić information content (AvgIpc) is 2.96. The van der Waals surface area contributed by atoms with Gasteiger partial charge in [0.05, 0.1) is 13.7 Å². The Morgan fingerprint density at radius 3 is 2.40 bits per heavy atom. The molecule has 0 aromatic heterocycles. The quantitative estimate of drug-likeness (QED) is 0.630. The molecule has 4 heteroatoms. The van der Waals surface area contributed by atoms with Gasteiger partial charge in [0.25, 0.3) is 12.1 Å². The molecule has 2 aliphatic heterocycles. The summed E-state index contributed by atoms with van der Waals surface area (Å²) in [5, 5.41) is 1.88. The zero-order valence-corrected chi connectivity index (χ0v) is 12.1. The smallest absolute Gasteiger partial charge is 0.298 e. The van der Waals surface area contributed by atoms with Crippen LogP contribution in [0.15, 0.2) is 0 Å². The minimum Gasteiger partial charge on any atom is -0.319 e. The normalized spacial score (nSPS) is 49.5. The number of carbonyl (C=O) groups is 1. The zero-order chi connectivity index (χ0) is 13.4. The van der Waals surface area contributed by atoms with E-state index in [-0.39, 0.29) is 18.1 Å². The molecular formula is C16H23N2O2+. The van der Waals surface area contributed by atoms with Gasteiger partial charge in [-0.15, -0.1) is 5.01 Å². The van der Waals surface area contributed by atoms with Crippen LogP contribution < -0.4 is 0 Å². The number of hydrogen-bond donors (Lipinski definition) is 0. The second-order valence-electron chi connectivity index (χ2n) is 7.59. The molecule has 4 saturated carbocycles. The van der Waals surface area contributed by atoms with Gasteiger partial charge in [-0.1, -0.05) is 4.68 Å². The summed E-state index contributed by atoms with van der Waals surface area (Å²) in [5.74, 6) is 3.74. The van der Waals surface area contributed by atoms with Crippen LogP contribution in [-0.2, 0) is 9.53 Å². The lowest BCUT2D eigenvalue weighted by atomic mass is 9.55. The number of fused-ring (bicyclic) bond motifs is 1. The number of hydrogen-bond acceptors (Lipinski definition) is 2. The van der Waals surface area contributed by atoms with E-state index < -0.39 is 0 Å². The summed E-state index contributed by atoms with van der Waals surface area (Å²) in [6.07, 6.45) is 7.82. The van der Waals surface area contributed by atoms with Crippen molar-refractivity contribution in [2.75, 3.05) is 13.7 Å². The van der Waals surface area contributed by atoms with Gasteiger partial charge in [0.1, 0.15) is 5.92 Å². The highest BCUT2D eigenvalue weighted by Crippen LogP contribution is 2.53. The lowest BCUT2D eigenvalue weighted by Gasteiger charge is -2.48. The van der Waals surface area contributed by atoms with Crippen LogP contribution in [0.2, 0.25) is 0 Å². The Morgan fingerprint density at radius 2 is 1.75 bits per heavy atom. The maximum atomic E-state index is 12.4. The fraction of sp³-hybridized carbons (Fsp3) is 0.875. The maximum absolute atomic E-state index is 12.4. The van der Waals surface area contributed by atoms with Crippen LogP contribution in [0.5, 0.6) is 0 Å². The molecule has 4 bridgehead atoms. The van der Waals surface area contributed by atoms with Crippen LogP contribution in [-0.4, -0.2) is 41.2 Å². The van der Waals surface area contributed by atoms with E-state index in [2.05, 4.69) is 4.68 Å². The maximum Gasteiger partial charge on any atom is 0.298 e. The van der Waals surface area contributed by atoms with Gasteiger partial charge in [-0.05, 0) is 50.4 Å². The van der Waals surface area contributed by atoms with Crippen molar-refractivity contribution in [3.63, 3.8) is 0 Å². The molecule has 0 N–H and O–H groups in total. The molecule has 2 saturated heterocycles. The van der Waals surface area contributed by atoms with Gasteiger partial charge in [-0.2, -0.15) is 0 Å². The predicted molar refractivity (Wildman–Crippen MR) is 72.9 cm³/mol. The number of rotatable bonds is 0. The molecule has 2 atom stereocenters. The number of amides is 1. The van der Waals surface area contributed by atoms with E-state index in [1.54, 1.807) is 5.71 Å². The Bertz CT molecular complexity index is 483. The molecule has 0 unspecified atom stereocenters. The summed E-state index contributed by atoms with van der Waals surface area (Å²) < 4.78 is 8.21. The number of ether oxygens (including phenoxy) is 1. The standard InChI is InChI=1S/C16H23N2O2/c1-17-15(19)13-2-3-20-16(13)18(17)14-11-5-9-4-10(7-11)8-12(14)6-9/h9-13,16H,2-8H2,1H3/q+1/t9?,10?,11?,12?,13-,16-/m1/s1. The molecule has 0 aromatic carbocycles. The van der Waals surface area contributed by atoms with Crippen molar-refractivity contribution in [1.82, 2.24) is 5.01 Å². The molecule has 6 rings (SSSR count). The first kappa shape index (κ1) is 11.7.